The van der Waals surface area contributed by atoms with E-state index in [1.54, 1.807) is 6.07 Å². The van der Waals surface area contributed by atoms with E-state index in [2.05, 4.69) is 10.9 Å². The molecule has 0 saturated heterocycles. The van der Waals surface area contributed by atoms with Gasteiger partial charge in [0.1, 0.15) is 11.6 Å². The van der Waals surface area contributed by atoms with Crippen LogP contribution in [0, 0.1) is 22.5 Å². The summed E-state index contributed by atoms with van der Waals surface area (Å²) in [4.78, 5) is 24.3. The molecule has 1 aromatic heterocycles. The maximum atomic E-state index is 11.2. The molecule has 2 rings (SSSR count). The van der Waals surface area contributed by atoms with Gasteiger partial charge in [0.05, 0.1) is 15.8 Å². The fourth-order valence-corrected chi connectivity index (χ4v) is 2.06. The lowest BCUT2D eigenvalue weighted by molar-refractivity contribution is -0.383. The normalized spacial score (nSPS) is 12.0. The number of rotatable bonds is 4. The molecule has 20 heavy (non-hydrogen) atoms. The molecule has 0 aliphatic heterocycles. The lowest BCUT2D eigenvalue weighted by Crippen LogP contribution is -2.32. The Morgan fingerprint density at radius 2 is 2.30 bits per heavy atom. The molecule has 1 unspecified atom stereocenters. The van der Waals surface area contributed by atoms with E-state index in [1.165, 1.54) is 12.3 Å². The maximum absolute atomic E-state index is 11.2. The predicted molar refractivity (Wildman–Crippen MR) is 72.2 cm³/mol. The summed E-state index contributed by atoms with van der Waals surface area (Å²) in [6.07, 6.45) is 6.76. The second kappa shape index (κ2) is 5.03. The summed E-state index contributed by atoms with van der Waals surface area (Å²) in [6, 6.07) is 1.95. The third-order valence-corrected chi connectivity index (χ3v) is 3.00. The van der Waals surface area contributed by atoms with E-state index in [0.29, 0.717) is 16.5 Å². The van der Waals surface area contributed by atoms with Crippen LogP contribution in [-0.2, 0) is 11.2 Å². The van der Waals surface area contributed by atoms with Gasteiger partial charge in [-0.1, -0.05) is 5.92 Å². The van der Waals surface area contributed by atoms with Crippen LogP contribution in [0.2, 0.25) is 0 Å². The highest BCUT2D eigenvalue weighted by atomic mass is 16.6. The number of aromatic nitrogens is 1. The van der Waals surface area contributed by atoms with Gasteiger partial charge in [-0.2, -0.15) is 0 Å². The predicted octanol–water partition coefficient (Wildman–Crippen LogP) is 1.01. The van der Waals surface area contributed by atoms with Crippen LogP contribution in [0.15, 0.2) is 18.3 Å². The van der Waals surface area contributed by atoms with Gasteiger partial charge in [-0.25, -0.2) is 0 Å². The highest BCUT2D eigenvalue weighted by Crippen LogP contribution is 2.32. The van der Waals surface area contributed by atoms with E-state index in [-0.39, 0.29) is 17.7 Å². The Morgan fingerprint density at radius 1 is 1.60 bits per heavy atom. The Bertz CT molecular complexity index is 742. The molecule has 0 bridgehead atoms. The molecule has 7 nitrogen and oxygen atoms in total. The molecule has 1 heterocycles. The number of benzene rings is 1. The van der Waals surface area contributed by atoms with Gasteiger partial charge in [0.2, 0.25) is 0 Å². The number of nitrogens with one attached hydrogen (secondary N) is 1. The van der Waals surface area contributed by atoms with E-state index in [4.69, 9.17) is 17.3 Å². The third kappa shape index (κ3) is 2.20. The Labute approximate surface area is 113 Å². The first-order valence-corrected chi connectivity index (χ1v) is 5.68. The second-order valence-electron chi connectivity index (χ2n) is 4.25. The molecular formula is C13H11N3O4. The van der Waals surface area contributed by atoms with Crippen molar-refractivity contribution < 1.29 is 14.8 Å². The summed E-state index contributed by atoms with van der Waals surface area (Å²) < 4.78 is 0. The van der Waals surface area contributed by atoms with Crippen molar-refractivity contribution in [1.29, 1.82) is 0 Å². The number of carbonyl (C=O) groups is 1. The van der Waals surface area contributed by atoms with Crippen molar-refractivity contribution in [2.75, 3.05) is 0 Å². The summed E-state index contributed by atoms with van der Waals surface area (Å²) in [5.74, 6) is 1.09. The Balaban J connectivity index is 2.66. The van der Waals surface area contributed by atoms with E-state index < -0.39 is 16.9 Å². The quantitative estimate of drug-likeness (QED) is 0.436. The molecule has 0 spiro atoms. The van der Waals surface area contributed by atoms with Crippen molar-refractivity contribution in [2.45, 2.75) is 12.5 Å². The Kier molecular flexibility index (Phi) is 3.41. The van der Waals surface area contributed by atoms with Gasteiger partial charge < -0.3 is 15.8 Å². The minimum Gasteiger partial charge on any atom is -0.480 e. The summed E-state index contributed by atoms with van der Waals surface area (Å²) in [5.41, 5.74) is 6.38. The molecule has 102 valence electrons. The van der Waals surface area contributed by atoms with Crippen LogP contribution in [0.3, 0.4) is 0 Å². The maximum Gasteiger partial charge on any atom is 0.320 e. The minimum atomic E-state index is -1.17. The largest absolute Gasteiger partial charge is 0.480 e. The first-order valence-electron chi connectivity index (χ1n) is 5.68. The summed E-state index contributed by atoms with van der Waals surface area (Å²) in [6.45, 7) is 0. The van der Waals surface area contributed by atoms with Crippen LogP contribution in [-0.4, -0.2) is 27.0 Å². The minimum absolute atomic E-state index is 0.0236. The smallest absolute Gasteiger partial charge is 0.320 e. The molecule has 7 heteroatoms. The Morgan fingerprint density at radius 3 is 2.85 bits per heavy atom. The van der Waals surface area contributed by atoms with E-state index in [0.717, 1.165) is 0 Å². The molecule has 0 radical (unpaired) electrons. The number of nitro benzene ring substituents is 1. The number of aliphatic carboxylic acids is 1. The fourth-order valence-electron chi connectivity index (χ4n) is 2.06. The first-order chi connectivity index (χ1) is 9.45. The van der Waals surface area contributed by atoms with Gasteiger partial charge in [-0.05, 0) is 17.7 Å². The van der Waals surface area contributed by atoms with Crippen LogP contribution in [0.4, 0.5) is 5.69 Å². The lowest BCUT2D eigenvalue weighted by Gasteiger charge is -2.05. The van der Waals surface area contributed by atoms with Gasteiger partial charge in [-0.3, -0.25) is 14.9 Å². The van der Waals surface area contributed by atoms with Crippen molar-refractivity contribution in [3.8, 4) is 12.3 Å². The van der Waals surface area contributed by atoms with Crippen molar-refractivity contribution >= 4 is 22.6 Å². The van der Waals surface area contributed by atoms with E-state index in [9.17, 15) is 14.9 Å². The van der Waals surface area contributed by atoms with Gasteiger partial charge in [0.25, 0.3) is 5.69 Å². The fraction of sp³-hybridized carbons (Fsp3) is 0.154. The molecule has 0 saturated carbocycles. The van der Waals surface area contributed by atoms with Crippen molar-refractivity contribution in [1.82, 2.24) is 4.98 Å². The zero-order chi connectivity index (χ0) is 14.9. The lowest BCUT2D eigenvalue weighted by atomic mass is 10.0. The highest BCUT2D eigenvalue weighted by molar-refractivity contribution is 5.95. The number of nitrogens with two attached hydrogens (primary N) is 1. The van der Waals surface area contributed by atoms with E-state index >= 15 is 0 Å². The molecule has 0 amide bonds. The molecule has 0 aliphatic rings. The summed E-state index contributed by atoms with van der Waals surface area (Å²) in [7, 11) is 0. The highest BCUT2D eigenvalue weighted by Gasteiger charge is 2.23. The molecule has 2 aromatic rings. The molecular weight excluding hydrogens is 262 g/mol. The first kappa shape index (κ1) is 13.6. The number of H-pyrrole nitrogens is 1. The zero-order valence-electron chi connectivity index (χ0n) is 10.3. The van der Waals surface area contributed by atoms with Crippen LogP contribution in [0.5, 0.6) is 0 Å². The molecule has 4 N–H and O–H groups in total. The molecule has 0 aliphatic carbocycles. The van der Waals surface area contributed by atoms with E-state index in [1.807, 2.05) is 0 Å². The average molecular weight is 273 g/mol. The van der Waals surface area contributed by atoms with Crippen molar-refractivity contribution in [3.63, 3.8) is 0 Å². The summed E-state index contributed by atoms with van der Waals surface area (Å²) in [5, 5.41) is 20.4. The van der Waals surface area contributed by atoms with Gasteiger partial charge in [0, 0.05) is 12.6 Å². The van der Waals surface area contributed by atoms with Gasteiger partial charge in [-0.15, -0.1) is 6.42 Å². The second-order valence-corrected chi connectivity index (χ2v) is 4.25. The molecule has 1 aromatic carbocycles. The van der Waals surface area contributed by atoms with Gasteiger partial charge in [0.15, 0.2) is 0 Å². The number of carboxylic acid groups (broad SMARTS) is 1. The molecule has 1 atom stereocenters. The topological polar surface area (TPSA) is 122 Å². The average Bonchev–Trinajstić information content (AvgIpc) is 2.80. The van der Waals surface area contributed by atoms with Crippen molar-refractivity contribution in [2.24, 2.45) is 5.73 Å². The zero-order valence-corrected chi connectivity index (χ0v) is 10.3. The number of hydrogen-bond donors (Lipinski definition) is 3. The number of terminal acetylenes is 1. The van der Waals surface area contributed by atoms with Crippen molar-refractivity contribution in [3.05, 3.63) is 39.6 Å². The number of hydrogen-bond acceptors (Lipinski definition) is 4. The van der Waals surface area contributed by atoms with Gasteiger partial charge >= 0.3 is 5.97 Å². The number of nitrogens with zero attached hydrogens (tertiary/aromatic N) is 1. The van der Waals surface area contributed by atoms with Crippen LogP contribution in [0.1, 0.15) is 11.1 Å². The van der Waals surface area contributed by atoms with Crippen LogP contribution >= 0.6 is 0 Å². The monoisotopic (exact) mass is 273 g/mol. The SMILES string of the molecule is C#Cc1ccc2[nH]cc(CC(N)C(=O)O)c2c1[N+](=O)[O-]. The number of nitro groups is 1. The van der Waals surface area contributed by atoms with Crippen LogP contribution in [0.25, 0.3) is 10.9 Å². The number of aromatic amines is 1. The van der Waals surface area contributed by atoms with Crippen LogP contribution < -0.4 is 5.73 Å². The standard InChI is InChI=1S/C13H11N3O4/c1-2-7-3-4-10-11(12(7)16(19)20)8(6-15-10)5-9(14)13(17)18/h1,3-4,6,9,15H,5,14H2,(H,17,18). The third-order valence-electron chi connectivity index (χ3n) is 3.00. The number of fused-ring (bicyclic) bond motifs is 1. The number of carboxylic acids is 1. The Hall–Kier alpha value is -2.85. The molecule has 0 fully saturated rings. The summed E-state index contributed by atoms with van der Waals surface area (Å²) >= 11 is 0.